The number of hydrogen-bond acceptors (Lipinski definition) is 4. The molecule has 1 aliphatic rings. The topological polar surface area (TPSA) is 84.1 Å². The van der Waals surface area contributed by atoms with Crippen molar-refractivity contribution in [2.75, 3.05) is 13.2 Å². The van der Waals surface area contributed by atoms with Gasteiger partial charge in [0.1, 0.15) is 5.82 Å². The second kappa shape index (κ2) is 6.70. The number of rotatable bonds is 5. The number of aromatic nitrogens is 2. The summed E-state index contributed by atoms with van der Waals surface area (Å²) in [4.78, 5) is 30.9. The summed E-state index contributed by atoms with van der Waals surface area (Å²) in [5, 5.41) is 3.43. The molecule has 0 spiro atoms. The number of aromatic amines is 1. The molecule has 1 unspecified atom stereocenters. The Morgan fingerprint density at radius 3 is 3.09 bits per heavy atom. The van der Waals surface area contributed by atoms with Gasteiger partial charge in [-0.3, -0.25) is 9.59 Å². The van der Waals surface area contributed by atoms with Gasteiger partial charge in [-0.15, -0.1) is 0 Å². The van der Waals surface area contributed by atoms with Gasteiger partial charge in [0.15, 0.2) is 0 Å². The standard InChI is InChI=1S/C16H19N3O3/c20-15(17-10-11-4-3-9-22-11)8-7-14-18-13-6-2-1-5-12(13)16(21)19-14/h1-2,5-6,11H,3-4,7-10H2,(H,17,20)(H,18,19,21). The molecular formula is C16H19N3O3. The molecule has 6 heteroatoms. The maximum atomic E-state index is 11.9. The minimum absolute atomic E-state index is 0.0497. The molecule has 0 saturated carbocycles. The van der Waals surface area contributed by atoms with E-state index in [0.29, 0.717) is 36.1 Å². The molecule has 1 aromatic heterocycles. The van der Waals surface area contributed by atoms with E-state index in [1.165, 1.54) is 0 Å². The van der Waals surface area contributed by atoms with Crippen molar-refractivity contribution in [1.29, 1.82) is 0 Å². The van der Waals surface area contributed by atoms with Gasteiger partial charge in [-0.2, -0.15) is 0 Å². The summed E-state index contributed by atoms with van der Waals surface area (Å²) in [5.41, 5.74) is 0.487. The van der Waals surface area contributed by atoms with Crippen LogP contribution in [0.25, 0.3) is 10.9 Å². The van der Waals surface area contributed by atoms with Crippen LogP contribution in [0.4, 0.5) is 0 Å². The van der Waals surface area contributed by atoms with Gasteiger partial charge in [0.05, 0.1) is 17.0 Å². The fraction of sp³-hybridized carbons (Fsp3) is 0.438. The maximum absolute atomic E-state index is 11.9. The van der Waals surface area contributed by atoms with E-state index in [2.05, 4.69) is 15.3 Å². The first-order valence-corrected chi connectivity index (χ1v) is 7.58. The van der Waals surface area contributed by atoms with Gasteiger partial charge in [0, 0.05) is 26.0 Å². The predicted octanol–water partition coefficient (Wildman–Crippen LogP) is 1.15. The van der Waals surface area contributed by atoms with E-state index in [9.17, 15) is 9.59 Å². The fourth-order valence-corrected chi connectivity index (χ4v) is 2.61. The number of nitrogens with one attached hydrogen (secondary N) is 2. The lowest BCUT2D eigenvalue weighted by Gasteiger charge is -2.10. The fourth-order valence-electron chi connectivity index (χ4n) is 2.61. The maximum Gasteiger partial charge on any atom is 0.258 e. The molecule has 0 bridgehead atoms. The third-order valence-electron chi connectivity index (χ3n) is 3.80. The first-order chi connectivity index (χ1) is 10.7. The van der Waals surface area contributed by atoms with Crippen LogP contribution in [0, 0.1) is 0 Å². The molecule has 3 rings (SSSR count). The number of fused-ring (bicyclic) bond motifs is 1. The average molecular weight is 301 g/mol. The second-order valence-electron chi connectivity index (χ2n) is 5.47. The number of benzene rings is 1. The van der Waals surface area contributed by atoms with E-state index in [-0.39, 0.29) is 17.6 Å². The van der Waals surface area contributed by atoms with Gasteiger partial charge in [-0.05, 0) is 25.0 Å². The van der Waals surface area contributed by atoms with Gasteiger partial charge in [-0.1, -0.05) is 12.1 Å². The van der Waals surface area contributed by atoms with Crippen LogP contribution >= 0.6 is 0 Å². The lowest BCUT2D eigenvalue weighted by atomic mass is 10.2. The Bertz CT molecular complexity index is 720. The van der Waals surface area contributed by atoms with E-state index in [1.807, 2.05) is 6.07 Å². The molecule has 1 saturated heterocycles. The van der Waals surface area contributed by atoms with Crippen LogP contribution in [0.15, 0.2) is 29.1 Å². The van der Waals surface area contributed by atoms with Gasteiger partial charge in [-0.25, -0.2) is 4.98 Å². The molecule has 1 fully saturated rings. The third-order valence-corrected chi connectivity index (χ3v) is 3.80. The number of nitrogens with zero attached hydrogens (tertiary/aromatic N) is 1. The minimum atomic E-state index is -0.166. The molecule has 0 aliphatic carbocycles. The quantitative estimate of drug-likeness (QED) is 0.867. The van der Waals surface area contributed by atoms with Crippen molar-refractivity contribution in [3.05, 3.63) is 40.4 Å². The Labute approximate surface area is 127 Å². The smallest absolute Gasteiger partial charge is 0.258 e. The van der Waals surface area contributed by atoms with Crippen LogP contribution < -0.4 is 10.9 Å². The SMILES string of the molecule is O=C(CCc1nc2ccccc2c(=O)[nH]1)NCC1CCCO1. The number of hydrogen-bond donors (Lipinski definition) is 2. The van der Waals surface area contributed by atoms with Gasteiger partial charge < -0.3 is 15.0 Å². The number of H-pyrrole nitrogens is 1. The highest BCUT2D eigenvalue weighted by Gasteiger charge is 2.16. The molecule has 22 heavy (non-hydrogen) atoms. The van der Waals surface area contributed by atoms with Crippen LogP contribution in [0.5, 0.6) is 0 Å². The molecule has 1 aliphatic heterocycles. The van der Waals surface area contributed by atoms with E-state index in [1.54, 1.807) is 18.2 Å². The lowest BCUT2D eigenvalue weighted by molar-refractivity contribution is -0.121. The number of carbonyl (C=O) groups is 1. The van der Waals surface area contributed by atoms with Crippen molar-refractivity contribution in [3.8, 4) is 0 Å². The van der Waals surface area contributed by atoms with Crippen molar-refractivity contribution in [2.45, 2.75) is 31.8 Å². The van der Waals surface area contributed by atoms with Crippen molar-refractivity contribution in [1.82, 2.24) is 15.3 Å². The third kappa shape index (κ3) is 3.51. The van der Waals surface area contributed by atoms with Crippen LogP contribution in [0.3, 0.4) is 0 Å². The molecule has 116 valence electrons. The van der Waals surface area contributed by atoms with Crippen molar-refractivity contribution < 1.29 is 9.53 Å². The van der Waals surface area contributed by atoms with Crippen molar-refractivity contribution >= 4 is 16.8 Å². The monoisotopic (exact) mass is 301 g/mol. The molecule has 6 nitrogen and oxygen atoms in total. The average Bonchev–Trinajstić information content (AvgIpc) is 3.04. The predicted molar refractivity (Wildman–Crippen MR) is 82.7 cm³/mol. The van der Waals surface area contributed by atoms with Crippen LogP contribution in [-0.4, -0.2) is 35.1 Å². The molecule has 1 atom stereocenters. The molecule has 0 radical (unpaired) electrons. The highest BCUT2D eigenvalue weighted by atomic mass is 16.5. The molecule has 1 amide bonds. The van der Waals surface area contributed by atoms with Gasteiger partial charge in [0.2, 0.25) is 5.91 Å². The zero-order valence-electron chi connectivity index (χ0n) is 12.3. The van der Waals surface area contributed by atoms with Gasteiger partial charge >= 0.3 is 0 Å². The molecule has 2 N–H and O–H groups in total. The van der Waals surface area contributed by atoms with E-state index in [0.717, 1.165) is 19.4 Å². The number of amides is 1. The molecular weight excluding hydrogens is 282 g/mol. The van der Waals surface area contributed by atoms with Crippen molar-refractivity contribution in [3.63, 3.8) is 0 Å². The second-order valence-corrected chi connectivity index (χ2v) is 5.47. The lowest BCUT2D eigenvalue weighted by Crippen LogP contribution is -2.32. The molecule has 2 heterocycles. The largest absolute Gasteiger partial charge is 0.376 e. The Morgan fingerprint density at radius 2 is 2.27 bits per heavy atom. The number of carbonyl (C=O) groups excluding carboxylic acids is 1. The highest BCUT2D eigenvalue weighted by molar-refractivity contribution is 5.78. The summed E-state index contributed by atoms with van der Waals surface area (Å²) in [6.07, 6.45) is 2.91. The highest BCUT2D eigenvalue weighted by Crippen LogP contribution is 2.10. The normalized spacial score (nSPS) is 17.7. The Hall–Kier alpha value is -2.21. The molecule has 2 aromatic rings. The van der Waals surface area contributed by atoms with Crippen LogP contribution in [-0.2, 0) is 16.0 Å². The first-order valence-electron chi connectivity index (χ1n) is 7.58. The summed E-state index contributed by atoms with van der Waals surface area (Å²) in [5.74, 6) is 0.488. The number of aryl methyl sites for hydroxylation is 1. The van der Waals surface area contributed by atoms with E-state index in [4.69, 9.17) is 4.74 Å². The van der Waals surface area contributed by atoms with Gasteiger partial charge in [0.25, 0.3) is 5.56 Å². The summed E-state index contributed by atoms with van der Waals surface area (Å²) in [7, 11) is 0. The number of ether oxygens (including phenoxy) is 1. The zero-order valence-corrected chi connectivity index (χ0v) is 12.3. The van der Waals surface area contributed by atoms with Crippen LogP contribution in [0.1, 0.15) is 25.1 Å². The van der Waals surface area contributed by atoms with E-state index >= 15 is 0 Å². The number of para-hydroxylation sites is 1. The Balaban J connectivity index is 1.56. The van der Waals surface area contributed by atoms with E-state index < -0.39 is 0 Å². The summed E-state index contributed by atoms with van der Waals surface area (Å²) >= 11 is 0. The summed E-state index contributed by atoms with van der Waals surface area (Å²) in [6, 6.07) is 7.18. The summed E-state index contributed by atoms with van der Waals surface area (Å²) < 4.78 is 5.46. The first kappa shape index (κ1) is 14.7. The zero-order chi connectivity index (χ0) is 15.4. The summed E-state index contributed by atoms with van der Waals surface area (Å²) in [6.45, 7) is 1.34. The Morgan fingerprint density at radius 1 is 1.41 bits per heavy atom. The molecule has 1 aromatic carbocycles. The van der Waals surface area contributed by atoms with Crippen molar-refractivity contribution in [2.24, 2.45) is 0 Å². The Kier molecular flexibility index (Phi) is 4.48. The van der Waals surface area contributed by atoms with Crippen LogP contribution in [0.2, 0.25) is 0 Å². The minimum Gasteiger partial charge on any atom is -0.376 e.